The van der Waals surface area contributed by atoms with Crippen LogP contribution < -0.4 is 10.6 Å². The molecule has 0 heterocycles. The second-order valence-electron chi connectivity index (χ2n) is 4.50. The normalized spacial score (nSPS) is 10.0. The van der Waals surface area contributed by atoms with Crippen molar-refractivity contribution < 1.29 is 0 Å². The molecule has 0 saturated heterocycles. The molecule has 0 bridgehead atoms. The molecule has 2 aromatic carbocycles. The third-order valence-corrected chi connectivity index (χ3v) is 3.13. The zero-order chi connectivity index (χ0) is 13.7. The van der Waals surface area contributed by atoms with E-state index in [1.165, 1.54) is 11.1 Å². The summed E-state index contributed by atoms with van der Waals surface area (Å²) in [4.78, 5) is 0. The molecule has 2 rings (SSSR count). The van der Waals surface area contributed by atoms with Crippen LogP contribution in [0, 0.1) is 6.92 Å². The van der Waals surface area contributed by atoms with E-state index in [-0.39, 0.29) is 0 Å². The molecule has 0 aliphatic rings. The fourth-order valence-electron chi connectivity index (χ4n) is 1.75. The highest BCUT2D eigenvalue weighted by Crippen LogP contribution is 2.12. The molecule has 0 atom stereocenters. The Balaban J connectivity index is 1.95. The maximum Gasteiger partial charge on any atom is 0.175 e. The van der Waals surface area contributed by atoms with Gasteiger partial charge < -0.3 is 10.6 Å². The molecule has 98 valence electrons. The van der Waals surface area contributed by atoms with E-state index in [4.69, 9.17) is 12.2 Å². The summed E-state index contributed by atoms with van der Waals surface area (Å²) >= 11 is 5.29. The van der Waals surface area contributed by atoms with E-state index in [1.807, 2.05) is 24.3 Å². The maximum atomic E-state index is 5.29. The molecule has 0 saturated carbocycles. The van der Waals surface area contributed by atoms with Crippen LogP contribution in [0.4, 0.5) is 11.4 Å². The van der Waals surface area contributed by atoms with Crippen LogP contribution in [0.25, 0.3) is 0 Å². The third kappa shape index (κ3) is 4.07. The molecule has 2 nitrogen and oxygen atoms in total. The molecular formula is C16H18N2S. The summed E-state index contributed by atoms with van der Waals surface area (Å²) in [5.74, 6) is 0. The van der Waals surface area contributed by atoms with Crippen molar-refractivity contribution >= 4 is 28.7 Å². The van der Waals surface area contributed by atoms with Crippen molar-refractivity contribution in [1.82, 2.24) is 0 Å². The van der Waals surface area contributed by atoms with Crippen LogP contribution in [0.5, 0.6) is 0 Å². The number of hydrogen-bond donors (Lipinski definition) is 2. The van der Waals surface area contributed by atoms with Gasteiger partial charge in [0.15, 0.2) is 5.11 Å². The third-order valence-electron chi connectivity index (χ3n) is 2.93. The van der Waals surface area contributed by atoms with Gasteiger partial charge in [-0.25, -0.2) is 0 Å². The predicted octanol–water partition coefficient (Wildman–Crippen LogP) is 4.37. The van der Waals surface area contributed by atoms with Crippen molar-refractivity contribution in [2.24, 2.45) is 0 Å². The number of anilines is 2. The molecule has 0 aliphatic carbocycles. The van der Waals surface area contributed by atoms with Crippen LogP contribution in [0.1, 0.15) is 18.1 Å². The minimum absolute atomic E-state index is 0.605. The minimum atomic E-state index is 0.605. The Bertz CT molecular complexity index is 544. The van der Waals surface area contributed by atoms with Gasteiger partial charge in [-0.3, -0.25) is 0 Å². The highest BCUT2D eigenvalue weighted by Gasteiger charge is 1.99. The number of nitrogens with one attached hydrogen (secondary N) is 2. The van der Waals surface area contributed by atoms with Gasteiger partial charge in [-0.15, -0.1) is 0 Å². The number of benzene rings is 2. The Morgan fingerprint density at radius 1 is 0.895 bits per heavy atom. The molecule has 0 radical (unpaired) electrons. The Morgan fingerprint density at radius 3 is 1.84 bits per heavy atom. The van der Waals surface area contributed by atoms with E-state index in [0.717, 1.165) is 17.8 Å². The fraction of sp³-hybridized carbons (Fsp3) is 0.188. The van der Waals surface area contributed by atoms with Crippen molar-refractivity contribution in [3.05, 3.63) is 59.7 Å². The molecule has 0 aromatic heterocycles. The molecular weight excluding hydrogens is 252 g/mol. The topological polar surface area (TPSA) is 24.1 Å². The van der Waals surface area contributed by atoms with E-state index in [2.05, 4.69) is 48.7 Å². The minimum Gasteiger partial charge on any atom is -0.332 e. The van der Waals surface area contributed by atoms with Crippen molar-refractivity contribution in [2.75, 3.05) is 10.6 Å². The summed E-state index contributed by atoms with van der Waals surface area (Å²) in [7, 11) is 0. The van der Waals surface area contributed by atoms with Gasteiger partial charge >= 0.3 is 0 Å². The summed E-state index contributed by atoms with van der Waals surface area (Å²) in [5.41, 5.74) is 4.55. The van der Waals surface area contributed by atoms with Gasteiger partial charge in [0.2, 0.25) is 0 Å². The van der Waals surface area contributed by atoms with E-state index in [1.54, 1.807) is 0 Å². The molecule has 0 fully saturated rings. The number of aryl methyl sites for hydroxylation is 2. The summed E-state index contributed by atoms with van der Waals surface area (Å²) < 4.78 is 0. The van der Waals surface area contributed by atoms with Crippen molar-refractivity contribution in [2.45, 2.75) is 20.3 Å². The number of rotatable bonds is 3. The lowest BCUT2D eigenvalue weighted by Crippen LogP contribution is -2.18. The first-order valence-corrected chi connectivity index (χ1v) is 6.82. The SMILES string of the molecule is CCc1ccc(NC(=S)Nc2ccc(C)cc2)cc1. The van der Waals surface area contributed by atoms with Crippen molar-refractivity contribution in [1.29, 1.82) is 0 Å². The zero-order valence-electron chi connectivity index (χ0n) is 11.2. The van der Waals surface area contributed by atoms with Crippen LogP contribution in [-0.4, -0.2) is 5.11 Å². The zero-order valence-corrected chi connectivity index (χ0v) is 12.1. The molecule has 0 unspecified atom stereocenters. The first kappa shape index (κ1) is 13.6. The summed E-state index contributed by atoms with van der Waals surface area (Å²) in [6.45, 7) is 4.21. The van der Waals surface area contributed by atoms with E-state index in [0.29, 0.717) is 5.11 Å². The Labute approximate surface area is 119 Å². The van der Waals surface area contributed by atoms with Gasteiger partial charge in [0.25, 0.3) is 0 Å². The molecule has 3 heteroatoms. The van der Waals surface area contributed by atoms with Crippen LogP contribution in [0.3, 0.4) is 0 Å². The lowest BCUT2D eigenvalue weighted by atomic mass is 10.1. The number of hydrogen-bond acceptors (Lipinski definition) is 1. The predicted molar refractivity (Wildman–Crippen MR) is 86.8 cm³/mol. The quantitative estimate of drug-likeness (QED) is 0.810. The highest BCUT2D eigenvalue weighted by atomic mass is 32.1. The first-order chi connectivity index (χ1) is 9.17. The monoisotopic (exact) mass is 270 g/mol. The molecule has 0 spiro atoms. The largest absolute Gasteiger partial charge is 0.332 e. The van der Waals surface area contributed by atoms with Crippen molar-refractivity contribution in [3.63, 3.8) is 0 Å². The van der Waals surface area contributed by atoms with E-state index in [9.17, 15) is 0 Å². The molecule has 2 aromatic rings. The summed E-state index contributed by atoms with van der Waals surface area (Å²) in [6.07, 6.45) is 1.05. The summed E-state index contributed by atoms with van der Waals surface area (Å²) in [6, 6.07) is 16.5. The van der Waals surface area contributed by atoms with Crippen molar-refractivity contribution in [3.8, 4) is 0 Å². The van der Waals surface area contributed by atoms with Gasteiger partial charge in [0.05, 0.1) is 0 Å². The molecule has 19 heavy (non-hydrogen) atoms. The van der Waals surface area contributed by atoms with Crippen LogP contribution in [0.15, 0.2) is 48.5 Å². The molecule has 2 N–H and O–H groups in total. The average molecular weight is 270 g/mol. The van der Waals surface area contributed by atoms with E-state index >= 15 is 0 Å². The average Bonchev–Trinajstić information content (AvgIpc) is 2.42. The number of thiocarbonyl (C=S) groups is 1. The Kier molecular flexibility index (Phi) is 4.53. The fourth-order valence-corrected chi connectivity index (χ4v) is 1.99. The molecule has 0 amide bonds. The van der Waals surface area contributed by atoms with Gasteiger partial charge in [-0.2, -0.15) is 0 Å². The van der Waals surface area contributed by atoms with Gasteiger partial charge in [-0.1, -0.05) is 36.8 Å². The van der Waals surface area contributed by atoms with Crippen LogP contribution in [-0.2, 0) is 6.42 Å². The smallest absolute Gasteiger partial charge is 0.175 e. The van der Waals surface area contributed by atoms with Crippen LogP contribution in [0.2, 0.25) is 0 Å². The standard InChI is InChI=1S/C16H18N2S/c1-3-13-6-10-15(11-7-13)18-16(19)17-14-8-4-12(2)5-9-14/h4-11H,3H2,1-2H3,(H2,17,18,19). The van der Waals surface area contributed by atoms with Gasteiger partial charge in [0, 0.05) is 11.4 Å². The maximum absolute atomic E-state index is 5.29. The van der Waals surface area contributed by atoms with E-state index < -0.39 is 0 Å². The lowest BCUT2D eigenvalue weighted by molar-refractivity contribution is 1.14. The summed E-state index contributed by atoms with van der Waals surface area (Å²) in [5, 5.41) is 6.95. The Morgan fingerprint density at radius 2 is 1.37 bits per heavy atom. The first-order valence-electron chi connectivity index (χ1n) is 6.41. The van der Waals surface area contributed by atoms with Gasteiger partial charge in [-0.05, 0) is 55.4 Å². The highest BCUT2D eigenvalue weighted by molar-refractivity contribution is 7.80. The lowest BCUT2D eigenvalue weighted by Gasteiger charge is -2.11. The molecule has 0 aliphatic heterocycles. The van der Waals surface area contributed by atoms with Gasteiger partial charge in [0.1, 0.15) is 0 Å². The Hall–Kier alpha value is -1.87. The second-order valence-corrected chi connectivity index (χ2v) is 4.90. The van der Waals surface area contributed by atoms with Crippen LogP contribution >= 0.6 is 12.2 Å². The second kappa shape index (κ2) is 6.34.